The molecule has 0 atom stereocenters. The van der Waals surface area contributed by atoms with Gasteiger partial charge in [-0.1, -0.05) is 30.3 Å². The van der Waals surface area contributed by atoms with E-state index in [2.05, 4.69) is 27.3 Å². The van der Waals surface area contributed by atoms with Gasteiger partial charge >= 0.3 is 0 Å². The quantitative estimate of drug-likeness (QED) is 0.691. The Morgan fingerprint density at radius 1 is 1.04 bits per heavy atom. The van der Waals surface area contributed by atoms with Crippen molar-refractivity contribution in [1.82, 2.24) is 15.2 Å². The lowest BCUT2D eigenvalue weighted by atomic mass is 10.1. The number of benzene rings is 2. The van der Waals surface area contributed by atoms with Crippen molar-refractivity contribution < 1.29 is 9.18 Å². The number of halogens is 1. The molecule has 3 aromatic rings. The summed E-state index contributed by atoms with van der Waals surface area (Å²) < 4.78 is 13.9. The molecule has 0 aliphatic carbocycles. The number of hydrogen-bond acceptors (Lipinski definition) is 3. The van der Waals surface area contributed by atoms with Crippen molar-refractivity contribution in [2.75, 3.05) is 44.2 Å². The van der Waals surface area contributed by atoms with E-state index in [0.29, 0.717) is 18.8 Å². The third-order valence-electron chi connectivity index (χ3n) is 5.32. The van der Waals surface area contributed by atoms with Crippen LogP contribution < -0.4 is 10.2 Å². The average molecular weight is 380 g/mol. The number of aromatic nitrogens is 1. The molecule has 0 radical (unpaired) electrons. The second kappa shape index (κ2) is 8.44. The molecule has 146 valence electrons. The summed E-state index contributed by atoms with van der Waals surface area (Å²) in [5.74, 6) is -0.148. The van der Waals surface area contributed by atoms with Crippen molar-refractivity contribution >= 4 is 22.5 Å². The number of fused-ring (bicyclic) bond motifs is 1. The Morgan fingerprint density at radius 3 is 2.61 bits per heavy atom. The zero-order valence-corrected chi connectivity index (χ0v) is 15.8. The number of hydrogen-bond donors (Lipinski definition) is 2. The third kappa shape index (κ3) is 4.17. The van der Waals surface area contributed by atoms with Crippen molar-refractivity contribution in [3.8, 4) is 0 Å². The van der Waals surface area contributed by atoms with Crippen LogP contribution in [0.25, 0.3) is 10.9 Å². The fraction of sp³-hybridized carbons (Fsp3) is 0.318. The SMILES string of the molecule is O=C(CN1CCN(c2ccccc2F)CC1)NCCc1c[nH]c2ccccc12. The van der Waals surface area contributed by atoms with Crippen LogP contribution in [0.5, 0.6) is 0 Å². The molecule has 1 saturated heterocycles. The van der Waals surface area contributed by atoms with Gasteiger partial charge in [0, 0.05) is 49.8 Å². The maximum absolute atomic E-state index is 13.9. The van der Waals surface area contributed by atoms with Gasteiger partial charge < -0.3 is 15.2 Å². The van der Waals surface area contributed by atoms with Crippen molar-refractivity contribution in [3.05, 3.63) is 66.1 Å². The summed E-state index contributed by atoms with van der Waals surface area (Å²) in [6.07, 6.45) is 2.82. The fourth-order valence-corrected chi connectivity index (χ4v) is 3.79. The predicted octanol–water partition coefficient (Wildman–Crippen LogP) is 2.79. The minimum atomic E-state index is -0.189. The first kappa shape index (κ1) is 18.5. The Bertz CT molecular complexity index is 946. The van der Waals surface area contributed by atoms with E-state index in [0.717, 1.165) is 38.1 Å². The van der Waals surface area contributed by atoms with Crippen molar-refractivity contribution in [2.45, 2.75) is 6.42 Å². The number of para-hydroxylation sites is 2. The zero-order valence-electron chi connectivity index (χ0n) is 15.8. The van der Waals surface area contributed by atoms with E-state index in [1.165, 1.54) is 17.0 Å². The lowest BCUT2D eigenvalue weighted by molar-refractivity contribution is -0.122. The number of anilines is 1. The van der Waals surface area contributed by atoms with E-state index >= 15 is 0 Å². The van der Waals surface area contributed by atoms with Crippen LogP contribution in [0.4, 0.5) is 10.1 Å². The molecule has 0 spiro atoms. The van der Waals surface area contributed by atoms with Crippen LogP contribution in [0.1, 0.15) is 5.56 Å². The molecule has 0 bridgehead atoms. The summed E-state index contributed by atoms with van der Waals surface area (Å²) in [6.45, 7) is 3.97. The monoisotopic (exact) mass is 380 g/mol. The van der Waals surface area contributed by atoms with Gasteiger partial charge in [0.05, 0.1) is 12.2 Å². The molecule has 1 aliphatic heterocycles. The summed E-state index contributed by atoms with van der Waals surface area (Å²) in [6, 6.07) is 15.0. The van der Waals surface area contributed by atoms with E-state index in [4.69, 9.17) is 0 Å². The Morgan fingerprint density at radius 2 is 1.79 bits per heavy atom. The third-order valence-corrected chi connectivity index (χ3v) is 5.32. The molecule has 0 saturated carbocycles. The van der Waals surface area contributed by atoms with Crippen LogP contribution in [-0.4, -0.2) is 55.1 Å². The second-order valence-electron chi connectivity index (χ2n) is 7.17. The summed E-state index contributed by atoms with van der Waals surface area (Å²) in [7, 11) is 0. The number of carbonyl (C=O) groups excluding carboxylic acids is 1. The van der Waals surface area contributed by atoms with Gasteiger partial charge in [-0.05, 0) is 30.2 Å². The average Bonchev–Trinajstić information content (AvgIpc) is 3.12. The van der Waals surface area contributed by atoms with E-state index in [1.807, 2.05) is 35.4 Å². The maximum Gasteiger partial charge on any atom is 0.234 e. The van der Waals surface area contributed by atoms with Gasteiger partial charge in [-0.15, -0.1) is 0 Å². The summed E-state index contributed by atoms with van der Waals surface area (Å²) >= 11 is 0. The van der Waals surface area contributed by atoms with Gasteiger partial charge in [-0.2, -0.15) is 0 Å². The van der Waals surface area contributed by atoms with E-state index in [-0.39, 0.29) is 11.7 Å². The van der Waals surface area contributed by atoms with Gasteiger partial charge in [0.2, 0.25) is 5.91 Å². The van der Waals surface area contributed by atoms with Crippen LogP contribution in [-0.2, 0) is 11.2 Å². The Balaban J connectivity index is 1.21. The number of nitrogens with zero attached hydrogens (tertiary/aromatic N) is 2. The molecule has 28 heavy (non-hydrogen) atoms. The lowest BCUT2D eigenvalue weighted by Crippen LogP contribution is -2.49. The number of amides is 1. The molecule has 1 aliphatic rings. The first-order valence-electron chi connectivity index (χ1n) is 9.74. The van der Waals surface area contributed by atoms with Crippen molar-refractivity contribution in [1.29, 1.82) is 0 Å². The summed E-state index contributed by atoms with van der Waals surface area (Å²) in [4.78, 5) is 19.7. The molecule has 1 aromatic heterocycles. The summed E-state index contributed by atoms with van der Waals surface area (Å²) in [5, 5.41) is 4.23. The molecule has 0 unspecified atom stereocenters. The fourth-order valence-electron chi connectivity index (χ4n) is 3.79. The van der Waals surface area contributed by atoms with Crippen molar-refractivity contribution in [3.63, 3.8) is 0 Å². The molecule has 2 N–H and O–H groups in total. The predicted molar refractivity (Wildman–Crippen MR) is 110 cm³/mol. The number of rotatable bonds is 6. The number of piperazine rings is 1. The standard InChI is InChI=1S/C22H25FN4O/c23-19-6-2-4-8-21(19)27-13-11-26(12-14-27)16-22(28)24-10-9-17-15-25-20-7-3-1-5-18(17)20/h1-8,15,25H,9-14,16H2,(H,24,28). The maximum atomic E-state index is 13.9. The summed E-state index contributed by atoms with van der Waals surface area (Å²) in [5.41, 5.74) is 2.98. The highest BCUT2D eigenvalue weighted by molar-refractivity contribution is 5.83. The van der Waals surface area contributed by atoms with Gasteiger partial charge in [-0.3, -0.25) is 9.69 Å². The smallest absolute Gasteiger partial charge is 0.234 e. The number of aromatic amines is 1. The van der Waals surface area contributed by atoms with Crippen molar-refractivity contribution in [2.24, 2.45) is 0 Å². The molecule has 1 fully saturated rings. The molecular weight excluding hydrogens is 355 g/mol. The molecule has 5 nitrogen and oxygen atoms in total. The minimum Gasteiger partial charge on any atom is -0.367 e. The van der Waals surface area contributed by atoms with Gasteiger partial charge in [0.15, 0.2) is 0 Å². The van der Waals surface area contributed by atoms with Crippen LogP contribution in [0.15, 0.2) is 54.7 Å². The minimum absolute atomic E-state index is 0.0409. The largest absolute Gasteiger partial charge is 0.367 e. The first-order valence-corrected chi connectivity index (χ1v) is 9.74. The highest BCUT2D eigenvalue weighted by Crippen LogP contribution is 2.20. The Hall–Kier alpha value is -2.86. The molecule has 6 heteroatoms. The van der Waals surface area contributed by atoms with E-state index in [9.17, 15) is 9.18 Å². The Labute approximate surface area is 164 Å². The topological polar surface area (TPSA) is 51.4 Å². The molecule has 4 rings (SSSR count). The van der Waals surface area contributed by atoms with Crippen LogP contribution in [0.3, 0.4) is 0 Å². The van der Waals surface area contributed by atoms with Gasteiger partial charge in [0.1, 0.15) is 5.82 Å². The number of H-pyrrole nitrogens is 1. The van der Waals surface area contributed by atoms with Crippen LogP contribution in [0.2, 0.25) is 0 Å². The number of nitrogens with one attached hydrogen (secondary N) is 2. The molecular formula is C22H25FN4O. The number of carbonyl (C=O) groups is 1. The van der Waals surface area contributed by atoms with Gasteiger partial charge in [0.25, 0.3) is 0 Å². The molecule has 2 heterocycles. The highest BCUT2D eigenvalue weighted by atomic mass is 19.1. The van der Waals surface area contributed by atoms with E-state index in [1.54, 1.807) is 6.07 Å². The van der Waals surface area contributed by atoms with Crippen LogP contribution in [0, 0.1) is 5.82 Å². The molecule has 1 amide bonds. The lowest BCUT2D eigenvalue weighted by Gasteiger charge is -2.35. The second-order valence-corrected chi connectivity index (χ2v) is 7.17. The first-order chi connectivity index (χ1) is 13.7. The Kier molecular flexibility index (Phi) is 5.58. The molecule has 2 aromatic carbocycles. The van der Waals surface area contributed by atoms with Crippen LogP contribution >= 0.6 is 0 Å². The zero-order chi connectivity index (χ0) is 19.3. The highest BCUT2D eigenvalue weighted by Gasteiger charge is 2.20. The normalized spacial score (nSPS) is 15.1. The van der Waals surface area contributed by atoms with E-state index < -0.39 is 0 Å². The van der Waals surface area contributed by atoms with Gasteiger partial charge in [-0.25, -0.2) is 4.39 Å².